The highest BCUT2D eigenvalue weighted by atomic mass is 16.6. The van der Waals surface area contributed by atoms with Gasteiger partial charge in [-0.2, -0.15) is 0 Å². The molecule has 1 aromatic heterocycles. The van der Waals surface area contributed by atoms with Crippen LogP contribution in [-0.4, -0.2) is 104 Å². The van der Waals surface area contributed by atoms with Gasteiger partial charge in [-0.3, -0.25) is 19.2 Å². The summed E-state index contributed by atoms with van der Waals surface area (Å²) in [6.45, 7) is 10.0. The van der Waals surface area contributed by atoms with Crippen molar-refractivity contribution < 1.29 is 33.8 Å². The summed E-state index contributed by atoms with van der Waals surface area (Å²) in [5.41, 5.74) is 0.280. The van der Waals surface area contributed by atoms with Gasteiger partial charge in [0.05, 0.1) is 30.0 Å². The number of para-hydroxylation sites is 1. The quantitative estimate of drug-likeness (QED) is 0.140. The highest BCUT2D eigenvalue weighted by molar-refractivity contribution is 5.98. The van der Waals surface area contributed by atoms with E-state index >= 15 is 0 Å². The molecule has 2 aromatic rings. The van der Waals surface area contributed by atoms with E-state index in [4.69, 9.17) is 9.47 Å². The number of esters is 1. The number of aliphatic hydroxyl groups is 1. The van der Waals surface area contributed by atoms with Crippen molar-refractivity contribution in [3.63, 3.8) is 0 Å². The number of hydrogen-bond donors (Lipinski definition) is 2. The van der Waals surface area contributed by atoms with Crippen LogP contribution in [0.2, 0.25) is 0 Å². The topological polar surface area (TPSA) is 156 Å². The molecule has 3 fully saturated rings. The Kier molecular flexibility index (Phi) is 11.1. The fourth-order valence-electron chi connectivity index (χ4n) is 7.32. The van der Waals surface area contributed by atoms with Gasteiger partial charge in [-0.1, -0.05) is 42.3 Å². The first-order valence-corrected chi connectivity index (χ1v) is 16.6. The lowest BCUT2D eigenvalue weighted by Crippen LogP contribution is -2.56. The van der Waals surface area contributed by atoms with Gasteiger partial charge in [-0.15, -0.1) is 18.3 Å². The number of nitrogens with one attached hydrogen (secondary N) is 1. The lowest BCUT2D eigenvalue weighted by molar-refractivity contribution is -0.159. The second-order valence-electron chi connectivity index (χ2n) is 12.7. The average molecular weight is 651 g/mol. The molecule has 0 unspecified atom stereocenters. The highest BCUT2D eigenvalue weighted by Crippen LogP contribution is 2.59. The van der Waals surface area contributed by atoms with E-state index < -0.39 is 41.7 Å². The van der Waals surface area contributed by atoms with Crippen molar-refractivity contribution in [2.45, 2.75) is 88.8 Å². The molecule has 47 heavy (non-hydrogen) atoms. The Balaban J connectivity index is 1.38. The van der Waals surface area contributed by atoms with E-state index in [9.17, 15) is 24.3 Å². The first kappa shape index (κ1) is 34.2. The maximum Gasteiger partial charge on any atom is 0.312 e. The lowest BCUT2D eigenvalue weighted by Gasteiger charge is -2.36. The van der Waals surface area contributed by atoms with Crippen LogP contribution in [0.3, 0.4) is 0 Å². The van der Waals surface area contributed by atoms with Gasteiger partial charge < -0.3 is 29.7 Å². The number of carbonyl (C=O) groups excluding carboxylic acids is 4. The summed E-state index contributed by atoms with van der Waals surface area (Å²) >= 11 is 0. The molecule has 1 aromatic carbocycles. The summed E-state index contributed by atoms with van der Waals surface area (Å²) in [5, 5.41) is 20.5. The van der Waals surface area contributed by atoms with Crippen molar-refractivity contribution >= 4 is 34.7 Å². The normalized spacial score (nSPS) is 25.1. The number of aliphatic hydroxyl groups excluding tert-OH is 1. The molecule has 13 nitrogen and oxygen atoms in total. The van der Waals surface area contributed by atoms with Crippen LogP contribution < -0.4 is 5.32 Å². The number of likely N-dealkylation sites (tertiary alicyclic amines) is 1. The maximum atomic E-state index is 14.6. The van der Waals surface area contributed by atoms with Crippen LogP contribution >= 0.6 is 0 Å². The number of fused-ring (bicyclic) bond motifs is 2. The molecule has 3 aliphatic rings. The predicted octanol–water partition coefficient (Wildman–Crippen LogP) is 2.34. The SMILES string of the molecule is C=CCCC(=O)NC[C@H](C)OC(=O)[C@@H]1[C@@H]2CC[C@]3(O2)[C@H](C(=O)N(CC=C)Cn2nnc4ccccc42)N(CCCCCCO)C(=O)[C@@H]13. The third kappa shape index (κ3) is 6.96. The number of carbonyl (C=O) groups is 4. The number of ether oxygens (including phenoxy) is 2. The summed E-state index contributed by atoms with van der Waals surface area (Å²) in [5.74, 6) is -3.05. The van der Waals surface area contributed by atoms with E-state index in [1.165, 1.54) is 0 Å². The Morgan fingerprint density at radius 3 is 2.77 bits per heavy atom. The number of nitrogens with zero attached hydrogens (tertiary/aromatic N) is 5. The van der Waals surface area contributed by atoms with Gasteiger partial charge in [0.15, 0.2) is 0 Å². The number of benzene rings is 1. The number of unbranched alkanes of at least 4 members (excludes halogenated alkanes) is 3. The average Bonchev–Trinajstić information content (AvgIpc) is 3.82. The molecule has 4 heterocycles. The molecule has 5 rings (SSSR count). The maximum absolute atomic E-state index is 14.6. The minimum absolute atomic E-state index is 0.0894. The van der Waals surface area contributed by atoms with Crippen LogP contribution in [0.4, 0.5) is 0 Å². The van der Waals surface area contributed by atoms with Gasteiger partial charge in [0, 0.05) is 26.1 Å². The van der Waals surface area contributed by atoms with Gasteiger partial charge in [0.25, 0.3) is 0 Å². The Hall–Kier alpha value is -4.10. The Morgan fingerprint density at radius 2 is 2.00 bits per heavy atom. The predicted molar refractivity (Wildman–Crippen MR) is 172 cm³/mol. The molecule has 0 radical (unpaired) electrons. The molecule has 6 atom stereocenters. The Morgan fingerprint density at radius 1 is 1.21 bits per heavy atom. The summed E-state index contributed by atoms with van der Waals surface area (Å²) in [7, 11) is 0. The molecule has 13 heteroatoms. The smallest absolute Gasteiger partial charge is 0.312 e. The minimum Gasteiger partial charge on any atom is -0.460 e. The van der Waals surface area contributed by atoms with Crippen molar-refractivity contribution in [1.82, 2.24) is 30.1 Å². The first-order valence-electron chi connectivity index (χ1n) is 16.6. The Bertz CT molecular complexity index is 1480. The van der Waals surface area contributed by atoms with Crippen LogP contribution in [-0.2, 0) is 35.3 Å². The van der Waals surface area contributed by atoms with Gasteiger partial charge in [-0.05, 0) is 51.2 Å². The lowest BCUT2D eigenvalue weighted by atomic mass is 9.70. The van der Waals surface area contributed by atoms with Crippen LogP contribution in [0.25, 0.3) is 11.0 Å². The van der Waals surface area contributed by atoms with Crippen molar-refractivity contribution in [3.8, 4) is 0 Å². The second-order valence-corrected chi connectivity index (χ2v) is 12.7. The van der Waals surface area contributed by atoms with Crippen LogP contribution in [0, 0.1) is 11.8 Å². The molecular formula is C34H46N6O7. The molecule has 3 saturated heterocycles. The number of aromatic nitrogens is 3. The zero-order chi connectivity index (χ0) is 33.6. The van der Waals surface area contributed by atoms with E-state index in [1.807, 2.05) is 24.3 Å². The second kappa shape index (κ2) is 15.2. The van der Waals surface area contributed by atoms with Crippen LogP contribution in [0.5, 0.6) is 0 Å². The van der Waals surface area contributed by atoms with Crippen molar-refractivity contribution in [2.24, 2.45) is 11.8 Å². The molecule has 2 bridgehead atoms. The largest absolute Gasteiger partial charge is 0.460 e. The third-order valence-corrected chi connectivity index (χ3v) is 9.48. The van der Waals surface area contributed by atoms with Crippen molar-refractivity contribution in [1.29, 1.82) is 0 Å². The van der Waals surface area contributed by atoms with Crippen molar-refractivity contribution in [3.05, 3.63) is 49.6 Å². The fourth-order valence-corrected chi connectivity index (χ4v) is 7.32. The summed E-state index contributed by atoms with van der Waals surface area (Å²) < 4.78 is 14.0. The number of allylic oxidation sites excluding steroid dienone is 1. The molecule has 3 amide bonds. The molecule has 254 valence electrons. The number of amides is 3. The Labute approximate surface area is 274 Å². The van der Waals surface area contributed by atoms with E-state index in [0.717, 1.165) is 18.4 Å². The number of rotatable bonds is 18. The molecule has 2 N–H and O–H groups in total. The fraction of sp³-hybridized carbons (Fsp3) is 0.588. The van der Waals surface area contributed by atoms with Gasteiger partial charge in [-0.25, -0.2) is 4.68 Å². The summed E-state index contributed by atoms with van der Waals surface area (Å²) in [6, 6.07) is 6.52. The van der Waals surface area contributed by atoms with Crippen LogP contribution in [0.1, 0.15) is 58.3 Å². The van der Waals surface area contributed by atoms with Gasteiger partial charge >= 0.3 is 5.97 Å². The van der Waals surface area contributed by atoms with E-state index in [0.29, 0.717) is 50.6 Å². The van der Waals surface area contributed by atoms with E-state index in [-0.39, 0.29) is 44.1 Å². The standard InChI is InChI=1S/C34H46N6O7/c1-4-6-15-27(42)35-21-23(3)46-33(45)28-26-16-17-34(47-26)29(28)31(43)39(19-11-7-8-12-20-41)30(34)32(44)38(18-5-2)22-40-25-14-10-9-13-24(25)36-37-40/h4-5,9-10,13-14,23,26,28-30,41H,1-2,6-8,11-12,15-22H2,3H3,(H,35,42)/t23-,26-,28+,29+,30-,34+/m0/s1. The molecule has 0 saturated carbocycles. The molecule has 3 aliphatic heterocycles. The van der Waals surface area contributed by atoms with Crippen molar-refractivity contribution in [2.75, 3.05) is 26.2 Å². The molecular weight excluding hydrogens is 604 g/mol. The number of hydrogen-bond acceptors (Lipinski definition) is 9. The zero-order valence-electron chi connectivity index (χ0n) is 27.1. The first-order chi connectivity index (χ1) is 22.7. The van der Waals surface area contributed by atoms with E-state index in [1.54, 1.807) is 33.6 Å². The minimum atomic E-state index is -1.18. The van der Waals surface area contributed by atoms with Crippen LogP contribution in [0.15, 0.2) is 49.6 Å². The highest BCUT2D eigenvalue weighted by Gasteiger charge is 2.75. The molecule has 1 spiro atoms. The van der Waals surface area contributed by atoms with E-state index in [2.05, 4.69) is 28.8 Å². The van der Waals surface area contributed by atoms with Gasteiger partial charge in [0.1, 0.15) is 29.9 Å². The summed E-state index contributed by atoms with van der Waals surface area (Å²) in [4.78, 5) is 57.9. The zero-order valence-corrected chi connectivity index (χ0v) is 27.1. The monoisotopic (exact) mass is 650 g/mol. The van der Waals surface area contributed by atoms with Gasteiger partial charge in [0.2, 0.25) is 17.7 Å². The third-order valence-electron chi connectivity index (χ3n) is 9.48. The summed E-state index contributed by atoms with van der Waals surface area (Å²) in [6.07, 6.45) is 6.79. The molecule has 0 aliphatic carbocycles.